The second-order valence-electron chi connectivity index (χ2n) is 5.52. The Hall–Kier alpha value is 0.0500. The molecule has 1 aliphatic carbocycles. The Balaban J connectivity index is 2.14. The number of nitrogens with one attached hydrogen (secondary N) is 1. The first kappa shape index (κ1) is 17.4. The minimum absolute atomic E-state index is 0.131. The third kappa shape index (κ3) is 4.07. The third-order valence-corrected chi connectivity index (χ3v) is 7.33. The monoisotopic (exact) mass is 439 g/mol. The van der Waals surface area contributed by atoms with Gasteiger partial charge < -0.3 is 5.11 Å². The van der Waals surface area contributed by atoms with Crippen molar-refractivity contribution in [1.29, 1.82) is 0 Å². The van der Waals surface area contributed by atoms with Crippen LogP contribution in [0.4, 0.5) is 0 Å². The summed E-state index contributed by atoms with van der Waals surface area (Å²) in [4.78, 5) is 0.235. The maximum atomic E-state index is 12.4. The summed E-state index contributed by atoms with van der Waals surface area (Å²) in [6, 6.07) is 3.39. The van der Waals surface area contributed by atoms with Crippen molar-refractivity contribution < 1.29 is 13.5 Å². The van der Waals surface area contributed by atoms with E-state index in [0.717, 1.165) is 29.3 Å². The van der Waals surface area contributed by atoms with Gasteiger partial charge in [0.25, 0.3) is 0 Å². The summed E-state index contributed by atoms with van der Waals surface area (Å²) in [6.45, 7) is 2.42. The summed E-state index contributed by atoms with van der Waals surface area (Å²) in [7, 11) is -3.56. The van der Waals surface area contributed by atoms with Gasteiger partial charge in [0.15, 0.2) is 0 Å². The molecule has 2 unspecified atom stereocenters. The first-order valence-corrected chi connectivity index (χ1v) is 9.98. The van der Waals surface area contributed by atoms with Gasteiger partial charge in [-0.2, -0.15) is 0 Å². The van der Waals surface area contributed by atoms with Crippen molar-refractivity contribution >= 4 is 41.9 Å². The zero-order valence-corrected chi connectivity index (χ0v) is 15.8. The van der Waals surface area contributed by atoms with Gasteiger partial charge >= 0.3 is 0 Å². The van der Waals surface area contributed by atoms with Gasteiger partial charge in [-0.25, -0.2) is 13.1 Å². The molecule has 2 N–H and O–H groups in total. The Morgan fingerprint density at radius 3 is 2.57 bits per heavy atom. The molecule has 0 bridgehead atoms. The van der Waals surface area contributed by atoms with Gasteiger partial charge in [0, 0.05) is 22.1 Å². The standard InChI is InChI=1S/C14H19Br2NO3S/c1-9-5-13(16)14(6-12(9)15)21(19,20)17-7-10-3-2-4-11(10)8-18/h5-6,10-11,17-18H,2-4,7-8H2,1H3. The van der Waals surface area contributed by atoms with Crippen molar-refractivity contribution in [3.63, 3.8) is 0 Å². The van der Waals surface area contributed by atoms with Crippen LogP contribution in [0.2, 0.25) is 0 Å². The smallest absolute Gasteiger partial charge is 0.241 e. The Labute approximate surface area is 142 Å². The molecule has 0 saturated heterocycles. The van der Waals surface area contributed by atoms with E-state index in [-0.39, 0.29) is 23.3 Å². The molecule has 0 aliphatic heterocycles. The van der Waals surface area contributed by atoms with Crippen LogP contribution in [0.25, 0.3) is 0 Å². The summed E-state index contributed by atoms with van der Waals surface area (Å²) in [6.07, 6.45) is 2.99. The summed E-state index contributed by atoms with van der Waals surface area (Å²) >= 11 is 6.68. The summed E-state index contributed by atoms with van der Waals surface area (Å²) < 4.78 is 28.9. The molecule has 0 heterocycles. The van der Waals surface area contributed by atoms with Gasteiger partial charge in [0.2, 0.25) is 10.0 Å². The molecule has 0 aromatic heterocycles. The molecule has 2 rings (SSSR count). The zero-order chi connectivity index (χ0) is 15.6. The van der Waals surface area contributed by atoms with Gasteiger partial charge in [-0.1, -0.05) is 22.4 Å². The van der Waals surface area contributed by atoms with Crippen LogP contribution in [-0.2, 0) is 10.0 Å². The van der Waals surface area contributed by atoms with Crippen LogP contribution in [0.15, 0.2) is 26.0 Å². The molecule has 7 heteroatoms. The highest BCUT2D eigenvalue weighted by molar-refractivity contribution is 9.11. The highest BCUT2D eigenvalue weighted by Gasteiger charge is 2.28. The molecule has 0 spiro atoms. The highest BCUT2D eigenvalue weighted by atomic mass is 79.9. The minimum Gasteiger partial charge on any atom is -0.396 e. The number of hydrogen-bond acceptors (Lipinski definition) is 3. The first-order valence-electron chi connectivity index (χ1n) is 6.91. The van der Waals surface area contributed by atoms with E-state index in [4.69, 9.17) is 0 Å². The largest absolute Gasteiger partial charge is 0.396 e. The number of halogens is 2. The maximum Gasteiger partial charge on any atom is 0.241 e. The lowest BCUT2D eigenvalue weighted by molar-refractivity contribution is 0.195. The number of aliphatic hydroxyl groups is 1. The second-order valence-corrected chi connectivity index (χ2v) is 8.96. The summed E-state index contributed by atoms with van der Waals surface area (Å²) in [5.41, 5.74) is 0.969. The fraction of sp³-hybridized carbons (Fsp3) is 0.571. The van der Waals surface area contributed by atoms with Gasteiger partial charge in [0.1, 0.15) is 0 Å². The van der Waals surface area contributed by atoms with Crippen LogP contribution in [-0.4, -0.2) is 26.7 Å². The number of sulfonamides is 1. The predicted molar refractivity (Wildman–Crippen MR) is 89.7 cm³/mol. The number of aliphatic hydroxyl groups excluding tert-OH is 1. The van der Waals surface area contributed by atoms with E-state index in [1.165, 1.54) is 0 Å². The lowest BCUT2D eigenvalue weighted by Crippen LogP contribution is -2.32. The SMILES string of the molecule is Cc1cc(Br)c(S(=O)(=O)NCC2CCCC2CO)cc1Br. The molecule has 1 saturated carbocycles. The van der Waals surface area contributed by atoms with Crippen LogP contribution in [0.1, 0.15) is 24.8 Å². The molecule has 21 heavy (non-hydrogen) atoms. The second kappa shape index (κ2) is 7.08. The highest BCUT2D eigenvalue weighted by Crippen LogP contribution is 2.32. The van der Waals surface area contributed by atoms with Crippen LogP contribution < -0.4 is 4.72 Å². The van der Waals surface area contributed by atoms with Gasteiger partial charge in [-0.3, -0.25) is 0 Å². The molecular weight excluding hydrogens is 422 g/mol. The summed E-state index contributed by atoms with van der Waals surface area (Å²) in [5.74, 6) is 0.429. The number of hydrogen-bond donors (Lipinski definition) is 2. The van der Waals surface area contributed by atoms with Crippen molar-refractivity contribution in [2.24, 2.45) is 11.8 Å². The van der Waals surface area contributed by atoms with Crippen molar-refractivity contribution in [2.45, 2.75) is 31.1 Å². The molecule has 1 fully saturated rings. The number of aryl methyl sites for hydroxylation is 1. The van der Waals surface area contributed by atoms with E-state index in [9.17, 15) is 13.5 Å². The van der Waals surface area contributed by atoms with Gasteiger partial charge in [-0.15, -0.1) is 0 Å². The fourth-order valence-corrected chi connectivity index (χ4v) is 5.52. The maximum absolute atomic E-state index is 12.4. The number of benzene rings is 1. The van der Waals surface area contributed by atoms with E-state index in [2.05, 4.69) is 36.6 Å². The van der Waals surface area contributed by atoms with E-state index in [1.807, 2.05) is 6.92 Å². The fourth-order valence-electron chi connectivity index (χ4n) is 2.75. The van der Waals surface area contributed by atoms with Crippen LogP contribution in [0.3, 0.4) is 0 Å². The number of rotatable bonds is 5. The average molecular weight is 441 g/mol. The topological polar surface area (TPSA) is 66.4 Å². The van der Waals surface area contributed by atoms with Crippen molar-refractivity contribution in [2.75, 3.05) is 13.2 Å². The van der Waals surface area contributed by atoms with Crippen molar-refractivity contribution in [3.8, 4) is 0 Å². The molecule has 2 atom stereocenters. The molecule has 4 nitrogen and oxygen atoms in total. The van der Waals surface area contributed by atoms with E-state index >= 15 is 0 Å². The predicted octanol–water partition coefficient (Wildman–Crippen LogP) is 3.21. The first-order chi connectivity index (χ1) is 9.85. The van der Waals surface area contributed by atoms with E-state index < -0.39 is 10.0 Å². The molecule has 1 aliphatic rings. The van der Waals surface area contributed by atoms with Crippen molar-refractivity contribution in [1.82, 2.24) is 4.72 Å². The average Bonchev–Trinajstić information content (AvgIpc) is 2.88. The van der Waals surface area contributed by atoms with E-state index in [0.29, 0.717) is 11.0 Å². The summed E-state index contributed by atoms with van der Waals surface area (Å²) in [5, 5.41) is 9.30. The molecule has 1 aromatic rings. The quantitative estimate of drug-likeness (QED) is 0.738. The Bertz CT molecular complexity index is 619. The Kier molecular flexibility index (Phi) is 5.87. The van der Waals surface area contributed by atoms with Crippen molar-refractivity contribution in [3.05, 3.63) is 26.6 Å². The normalized spacial score (nSPS) is 22.7. The molecular formula is C14H19Br2NO3S. The van der Waals surface area contributed by atoms with E-state index in [1.54, 1.807) is 12.1 Å². The Morgan fingerprint density at radius 2 is 1.90 bits per heavy atom. The molecule has 118 valence electrons. The van der Waals surface area contributed by atoms with Gasteiger partial charge in [-0.05, 0) is 65.2 Å². The molecule has 0 amide bonds. The molecule has 0 radical (unpaired) electrons. The Morgan fingerprint density at radius 1 is 1.24 bits per heavy atom. The third-order valence-electron chi connectivity index (χ3n) is 4.09. The van der Waals surface area contributed by atoms with Gasteiger partial charge in [0.05, 0.1) is 4.90 Å². The lowest BCUT2D eigenvalue weighted by Gasteiger charge is -2.18. The minimum atomic E-state index is -3.56. The molecule has 1 aromatic carbocycles. The van der Waals surface area contributed by atoms with Crippen LogP contribution >= 0.6 is 31.9 Å². The van der Waals surface area contributed by atoms with Crippen LogP contribution in [0, 0.1) is 18.8 Å². The van der Waals surface area contributed by atoms with Crippen LogP contribution in [0.5, 0.6) is 0 Å². The lowest BCUT2D eigenvalue weighted by atomic mass is 9.97. The zero-order valence-electron chi connectivity index (χ0n) is 11.8.